The quantitative estimate of drug-likeness (QED) is 0.803. The van der Waals surface area contributed by atoms with Gasteiger partial charge in [-0.2, -0.15) is 5.10 Å². The molecule has 1 heterocycles. The van der Waals surface area contributed by atoms with Crippen molar-refractivity contribution >= 4 is 11.9 Å². The molecule has 1 unspecified atom stereocenters. The van der Waals surface area contributed by atoms with Gasteiger partial charge in [-0.3, -0.25) is 0 Å². The summed E-state index contributed by atoms with van der Waals surface area (Å²) in [6.45, 7) is 7.47. The van der Waals surface area contributed by atoms with Gasteiger partial charge in [-0.1, -0.05) is 13.3 Å². The molecule has 0 aliphatic carbocycles. The highest BCUT2D eigenvalue weighted by Crippen LogP contribution is 2.19. The van der Waals surface area contributed by atoms with E-state index in [9.17, 15) is 4.79 Å². The van der Waals surface area contributed by atoms with Gasteiger partial charge < -0.3 is 10.1 Å². The summed E-state index contributed by atoms with van der Waals surface area (Å²) in [5.74, 6) is 0.0191. The Kier molecular flexibility index (Phi) is 4.58. The fraction of sp³-hybridized carbons (Fsp3) is 0.667. The summed E-state index contributed by atoms with van der Waals surface area (Å²) in [6, 6.07) is 0. The van der Waals surface area contributed by atoms with Crippen molar-refractivity contribution in [3.8, 4) is 0 Å². The molecule has 0 bridgehead atoms. The van der Waals surface area contributed by atoms with Crippen molar-refractivity contribution in [2.45, 2.75) is 46.1 Å². The van der Waals surface area contributed by atoms with Crippen LogP contribution in [0.2, 0.25) is 0 Å². The third-order valence-electron chi connectivity index (χ3n) is 2.87. The topological polar surface area (TPSA) is 77.0 Å². The van der Waals surface area contributed by atoms with Crippen molar-refractivity contribution < 1.29 is 9.53 Å². The molecule has 1 rings (SSSR count). The first-order chi connectivity index (χ1) is 8.42. The summed E-state index contributed by atoms with van der Waals surface area (Å²) in [5.41, 5.74) is 0.736. The summed E-state index contributed by atoms with van der Waals surface area (Å²) in [6.07, 6.45) is 1.48. The van der Waals surface area contributed by atoms with Crippen LogP contribution in [-0.4, -0.2) is 33.8 Å². The van der Waals surface area contributed by atoms with E-state index in [4.69, 9.17) is 4.74 Å². The average molecular weight is 252 g/mol. The van der Waals surface area contributed by atoms with Crippen LogP contribution in [0.4, 0.5) is 5.95 Å². The molecule has 1 aromatic rings. The van der Waals surface area contributed by atoms with E-state index in [0.29, 0.717) is 12.4 Å². The number of hydrogen-bond donors (Lipinski definition) is 1. The van der Waals surface area contributed by atoms with Gasteiger partial charge in [-0.05, 0) is 27.2 Å². The Bertz CT molecular complexity index is 436. The summed E-state index contributed by atoms with van der Waals surface area (Å²) >= 11 is 0. The van der Waals surface area contributed by atoms with E-state index < -0.39 is 5.54 Å². The van der Waals surface area contributed by atoms with Crippen molar-refractivity contribution in [3.05, 3.63) is 11.4 Å². The molecule has 0 saturated heterocycles. The fourth-order valence-electron chi connectivity index (χ4n) is 1.70. The fourth-order valence-corrected chi connectivity index (χ4v) is 1.70. The lowest BCUT2D eigenvalue weighted by molar-refractivity contribution is -0.145. The maximum absolute atomic E-state index is 11.8. The zero-order valence-electron chi connectivity index (χ0n) is 11.6. The molecule has 1 N–H and O–H groups in total. The largest absolute Gasteiger partial charge is 0.467 e. The van der Waals surface area contributed by atoms with Gasteiger partial charge in [0.2, 0.25) is 5.95 Å². The number of methoxy groups -OCH3 is 1. The first-order valence-electron chi connectivity index (χ1n) is 5.97. The van der Waals surface area contributed by atoms with Gasteiger partial charge in [-0.15, -0.1) is 5.10 Å². The number of esters is 1. The van der Waals surface area contributed by atoms with E-state index in [-0.39, 0.29) is 5.97 Å². The third-order valence-corrected chi connectivity index (χ3v) is 2.87. The zero-order valence-corrected chi connectivity index (χ0v) is 11.6. The first kappa shape index (κ1) is 14.3. The predicted octanol–water partition coefficient (Wildman–Crippen LogP) is 1.63. The van der Waals surface area contributed by atoms with Crippen molar-refractivity contribution in [1.29, 1.82) is 0 Å². The minimum Gasteiger partial charge on any atom is -0.467 e. The van der Waals surface area contributed by atoms with Crippen LogP contribution >= 0.6 is 0 Å². The SMILES string of the molecule is CCCC(C)(Nc1nnc(C)c(C)n1)C(=O)OC. The monoisotopic (exact) mass is 252 g/mol. The second-order valence-corrected chi connectivity index (χ2v) is 4.50. The van der Waals surface area contributed by atoms with Gasteiger partial charge in [0.25, 0.3) is 0 Å². The second-order valence-electron chi connectivity index (χ2n) is 4.50. The van der Waals surface area contributed by atoms with Crippen LogP contribution in [0, 0.1) is 13.8 Å². The number of hydrogen-bond acceptors (Lipinski definition) is 6. The number of carbonyl (C=O) groups excluding carboxylic acids is 1. The van der Waals surface area contributed by atoms with Crippen LogP contribution in [-0.2, 0) is 9.53 Å². The number of ether oxygens (including phenoxy) is 1. The van der Waals surface area contributed by atoms with E-state index in [2.05, 4.69) is 20.5 Å². The molecular weight excluding hydrogens is 232 g/mol. The minimum atomic E-state index is -0.827. The Hall–Kier alpha value is -1.72. The summed E-state index contributed by atoms with van der Waals surface area (Å²) < 4.78 is 4.82. The number of aromatic nitrogens is 3. The molecule has 0 aromatic carbocycles. The molecule has 0 aliphatic rings. The summed E-state index contributed by atoms with van der Waals surface area (Å²) in [4.78, 5) is 16.1. The van der Waals surface area contributed by atoms with E-state index in [0.717, 1.165) is 17.8 Å². The van der Waals surface area contributed by atoms with E-state index in [1.54, 1.807) is 6.92 Å². The summed E-state index contributed by atoms with van der Waals surface area (Å²) in [5, 5.41) is 10.9. The first-order valence-corrected chi connectivity index (χ1v) is 5.97. The number of anilines is 1. The number of nitrogens with one attached hydrogen (secondary N) is 1. The van der Waals surface area contributed by atoms with Crippen LogP contribution in [0.1, 0.15) is 38.1 Å². The van der Waals surface area contributed by atoms with Crippen LogP contribution in [0.15, 0.2) is 0 Å². The molecule has 100 valence electrons. The van der Waals surface area contributed by atoms with E-state index >= 15 is 0 Å². The molecule has 0 amide bonds. The highest BCUT2D eigenvalue weighted by Gasteiger charge is 2.34. The van der Waals surface area contributed by atoms with E-state index in [1.807, 2.05) is 20.8 Å². The van der Waals surface area contributed by atoms with Gasteiger partial charge in [0, 0.05) is 0 Å². The maximum Gasteiger partial charge on any atom is 0.331 e. The number of aryl methyl sites for hydroxylation is 2. The second kappa shape index (κ2) is 5.75. The molecule has 0 fully saturated rings. The Morgan fingerprint density at radius 1 is 1.33 bits per heavy atom. The van der Waals surface area contributed by atoms with Gasteiger partial charge in [0.05, 0.1) is 18.5 Å². The normalized spacial score (nSPS) is 13.8. The Morgan fingerprint density at radius 2 is 2.00 bits per heavy atom. The smallest absolute Gasteiger partial charge is 0.331 e. The highest BCUT2D eigenvalue weighted by molar-refractivity contribution is 5.83. The molecule has 1 aromatic heterocycles. The summed E-state index contributed by atoms with van der Waals surface area (Å²) in [7, 11) is 1.37. The Morgan fingerprint density at radius 3 is 2.50 bits per heavy atom. The average Bonchev–Trinajstić information content (AvgIpc) is 2.33. The molecular formula is C12H20N4O2. The van der Waals surface area contributed by atoms with Crippen molar-refractivity contribution in [3.63, 3.8) is 0 Å². The van der Waals surface area contributed by atoms with Crippen LogP contribution < -0.4 is 5.32 Å². The lowest BCUT2D eigenvalue weighted by atomic mass is 9.96. The molecule has 0 saturated carbocycles. The van der Waals surface area contributed by atoms with Crippen LogP contribution in [0.5, 0.6) is 0 Å². The number of rotatable bonds is 5. The van der Waals surface area contributed by atoms with Gasteiger partial charge >= 0.3 is 5.97 Å². The lowest BCUT2D eigenvalue weighted by Crippen LogP contribution is -2.44. The van der Waals surface area contributed by atoms with Crippen molar-refractivity contribution in [2.24, 2.45) is 0 Å². The van der Waals surface area contributed by atoms with E-state index in [1.165, 1.54) is 7.11 Å². The van der Waals surface area contributed by atoms with Crippen molar-refractivity contribution in [1.82, 2.24) is 15.2 Å². The predicted molar refractivity (Wildman–Crippen MR) is 68.3 cm³/mol. The molecule has 0 spiro atoms. The van der Waals surface area contributed by atoms with Gasteiger partial charge in [0.15, 0.2) is 0 Å². The Balaban J connectivity index is 2.96. The number of carbonyl (C=O) groups is 1. The molecule has 6 nitrogen and oxygen atoms in total. The van der Waals surface area contributed by atoms with Crippen molar-refractivity contribution in [2.75, 3.05) is 12.4 Å². The van der Waals surface area contributed by atoms with Crippen LogP contribution in [0.3, 0.4) is 0 Å². The van der Waals surface area contributed by atoms with Crippen LogP contribution in [0.25, 0.3) is 0 Å². The van der Waals surface area contributed by atoms with Gasteiger partial charge in [-0.25, -0.2) is 9.78 Å². The minimum absolute atomic E-state index is 0.328. The Labute approximate surface area is 107 Å². The maximum atomic E-state index is 11.8. The lowest BCUT2D eigenvalue weighted by Gasteiger charge is -2.27. The number of nitrogens with zero attached hydrogens (tertiary/aromatic N) is 3. The molecule has 6 heteroatoms. The standard InChI is InChI=1S/C12H20N4O2/c1-6-7-12(4,10(17)18-5)14-11-13-8(2)9(3)15-16-11/h6-7H2,1-5H3,(H,13,14,16). The molecule has 0 radical (unpaired) electrons. The molecule has 1 atom stereocenters. The zero-order chi connectivity index (χ0) is 13.8. The van der Waals surface area contributed by atoms with Gasteiger partial charge in [0.1, 0.15) is 5.54 Å². The highest BCUT2D eigenvalue weighted by atomic mass is 16.5. The third kappa shape index (κ3) is 3.15. The molecule has 0 aliphatic heterocycles. The molecule has 18 heavy (non-hydrogen) atoms.